The van der Waals surface area contributed by atoms with Gasteiger partial charge in [-0.25, -0.2) is 4.79 Å². The second-order valence-electron chi connectivity index (χ2n) is 5.19. The van der Waals surface area contributed by atoms with Crippen LogP contribution in [0.15, 0.2) is 26.5 Å². The predicted octanol–water partition coefficient (Wildman–Crippen LogP) is 2.45. The molecule has 0 radical (unpaired) electrons. The molecule has 0 saturated heterocycles. The van der Waals surface area contributed by atoms with Gasteiger partial charge < -0.3 is 9.73 Å². The van der Waals surface area contributed by atoms with Crippen molar-refractivity contribution in [3.05, 3.63) is 33.9 Å². The molecule has 1 rings (SSSR count). The van der Waals surface area contributed by atoms with Crippen molar-refractivity contribution < 1.29 is 9.21 Å². The summed E-state index contributed by atoms with van der Waals surface area (Å²) in [6, 6.07) is 1.34. The monoisotopic (exact) mass is 296 g/mol. The molecule has 1 heterocycles. The van der Waals surface area contributed by atoms with E-state index in [1.54, 1.807) is 7.05 Å². The number of hydrogen-bond acceptors (Lipinski definition) is 5. The molecule has 1 amide bonds. The summed E-state index contributed by atoms with van der Waals surface area (Å²) in [5, 5.41) is 3.28. The SMILES string of the molecule is CCc1cc(=O)occ1C(=O)NC(=NC)SC(C)(C)C. The summed E-state index contributed by atoms with van der Waals surface area (Å²) in [5.41, 5.74) is 0.574. The number of rotatable bonds is 2. The van der Waals surface area contributed by atoms with E-state index in [0.717, 1.165) is 0 Å². The van der Waals surface area contributed by atoms with E-state index in [1.807, 2.05) is 27.7 Å². The number of amidine groups is 1. The fourth-order valence-electron chi connectivity index (χ4n) is 1.52. The summed E-state index contributed by atoms with van der Waals surface area (Å²) in [4.78, 5) is 27.5. The van der Waals surface area contributed by atoms with E-state index >= 15 is 0 Å². The minimum atomic E-state index is -0.452. The summed E-state index contributed by atoms with van der Waals surface area (Å²) in [6.45, 7) is 7.99. The maximum Gasteiger partial charge on any atom is 0.335 e. The zero-order valence-electron chi connectivity index (χ0n) is 12.4. The largest absolute Gasteiger partial charge is 0.430 e. The molecule has 0 aliphatic heterocycles. The molecule has 1 aromatic heterocycles. The zero-order valence-corrected chi connectivity index (χ0v) is 13.3. The van der Waals surface area contributed by atoms with Crippen LogP contribution in [0.5, 0.6) is 0 Å². The first kappa shape index (κ1) is 16.5. The Kier molecular flexibility index (Phi) is 5.56. The van der Waals surface area contributed by atoms with Crippen LogP contribution in [0.25, 0.3) is 0 Å². The normalized spacial score (nSPS) is 12.3. The molecule has 0 atom stereocenters. The van der Waals surface area contributed by atoms with Crippen LogP contribution < -0.4 is 10.9 Å². The Hall–Kier alpha value is -1.56. The molecule has 20 heavy (non-hydrogen) atoms. The van der Waals surface area contributed by atoms with E-state index in [-0.39, 0.29) is 10.7 Å². The lowest BCUT2D eigenvalue weighted by molar-refractivity contribution is 0.0974. The summed E-state index contributed by atoms with van der Waals surface area (Å²) in [6.07, 6.45) is 1.78. The maximum absolute atomic E-state index is 12.2. The number of nitrogens with one attached hydrogen (secondary N) is 1. The first-order chi connectivity index (χ1) is 9.26. The highest BCUT2D eigenvalue weighted by Crippen LogP contribution is 2.23. The van der Waals surface area contributed by atoms with Gasteiger partial charge in [-0.3, -0.25) is 9.79 Å². The Balaban J connectivity index is 2.93. The van der Waals surface area contributed by atoms with Crippen molar-refractivity contribution in [2.75, 3.05) is 7.05 Å². The Morgan fingerprint density at radius 1 is 1.45 bits per heavy atom. The van der Waals surface area contributed by atoms with Crippen molar-refractivity contribution in [1.29, 1.82) is 0 Å². The van der Waals surface area contributed by atoms with Gasteiger partial charge in [0.15, 0.2) is 5.17 Å². The molecule has 1 N–H and O–H groups in total. The third-order valence-electron chi connectivity index (χ3n) is 2.38. The highest BCUT2D eigenvalue weighted by Gasteiger charge is 2.19. The highest BCUT2D eigenvalue weighted by molar-refractivity contribution is 8.15. The van der Waals surface area contributed by atoms with E-state index < -0.39 is 5.63 Å². The molecule has 1 aromatic rings. The molecule has 5 nitrogen and oxygen atoms in total. The number of aryl methyl sites for hydroxylation is 1. The van der Waals surface area contributed by atoms with E-state index in [1.165, 1.54) is 24.1 Å². The molecule has 0 unspecified atom stereocenters. The van der Waals surface area contributed by atoms with E-state index in [0.29, 0.717) is 22.7 Å². The maximum atomic E-state index is 12.2. The third-order valence-corrected chi connectivity index (χ3v) is 3.47. The predicted molar refractivity (Wildman–Crippen MR) is 82.5 cm³/mol. The molecule has 110 valence electrons. The number of aliphatic imine (C=N–C) groups is 1. The molecule has 0 fully saturated rings. The van der Waals surface area contributed by atoms with Crippen molar-refractivity contribution in [2.45, 2.75) is 38.9 Å². The first-order valence-corrected chi connectivity index (χ1v) is 7.17. The van der Waals surface area contributed by atoms with Crippen LogP contribution >= 0.6 is 11.8 Å². The fourth-order valence-corrected chi connectivity index (χ4v) is 2.34. The number of amides is 1. The van der Waals surface area contributed by atoms with Crippen LogP contribution in [0.3, 0.4) is 0 Å². The quantitative estimate of drug-likeness (QED) is 0.672. The Bertz CT molecular complexity index is 571. The van der Waals surface area contributed by atoms with Gasteiger partial charge in [0.2, 0.25) is 0 Å². The molecular formula is C14H20N2O3S. The average molecular weight is 296 g/mol. The zero-order chi connectivity index (χ0) is 15.3. The molecule has 6 heteroatoms. The summed E-state index contributed by atoms with van der Waals surface area (Å²) in [5.74, 6) is -0.317. The summed E-state index contributed by atoms with van der Waals surface area (Å²) >= 11 is 1.47. The van der Waals surface area contributed by atoms with Gasteiger partial charge in [-0.1, -0.05) is 39.5 Å². The lowest BCUT2D eigenvalue weighted by Crippen LogP contribution is -2.32. The van der Waals surface area contributed by atoms with Crippen molar-refractivity contribution in [2.24, 2.45) is 4.99 Å². The minimum Gasteiger partial charge on any atom is -0.430 e. The van der Waals surface area contributed by atoms with Crippen LogP contribution in [0.2, 0.25) is 0 Å². The van der Waals surface area contributed by atoms with Crippen molar-refractivity contribution in [3.8, 4) is 0 Å². The number of thioether (sulfide) groups is 1. The van der Waals surface area contributed by atoms with Gasteiger partial charge in [0.05, 0.1) is 5.56 Å². The van der Waals surface area contributed by atoms with Crippen molar-refractivity contribution >= 4 is 22.8 Å². The third kappa shape index (κ3) is 4.85. The summed E-state index contributed by atoms with van der Waals surface area (Å²) < 4.78 is 4.72. The molecule has 0 bridgehead atoms. The number of carbonyl (C=O) groups is 1. The Morgan fingerprint density at radius 3 is 2.60 bits per heavy atom. The molecule has 0 aliphatic rings. The van der Waals surface area contributed by atoms with Gasteiger partial charge >= 0.3 is 5.63 Å². The molecule has 0 aliphatic carbocycles. The second-order valence-corrected chi connectivity index (χ2v) is 7.00. The van der Waals surface area contributed by atoms with Crippen LogP contribution in [0, 0.1) is 0 Å². The van der Waals surface area contributed by atoms with Crippen LogP contribution in [0.4, 0.5) is 0 Å². The van der Waals surface area contributed by atoms with Crippen molar-refractivity contribution in [1.82, 2.24) is 5.32 Å². The van der Waals surface area contributed by atoms with E-state index in [4.69, 9.17) is 4.42 Å². The molecular weight excluding hydrogens is 276 g/mol. The van der Waals surface area contributed by atoms with Gasteiger partial charge in [0.25, 0.3) is 5.91 Å². The Morgan fingerprint density at radius 2 is 2.10 bits per heavy atom. The standard InChI is InChI=1S/C14H20N2O3S/c1-6-9-7-11(17)19-8-10(9)12(18)16-13(15-5)20-14(2,3)4/h7-8H,6H2,1-5H3,(H,15,16,18). The molecule has 0 saturated carbocycles. The second kappa shape index (κ2) is 6.74. The fraction of sp³-hybridized carbons (Fsp3) is 0.500. The van der Waals surface area contributed by atoms with Gasteiger partial charge in [-0.15, -0.1) is 0 Å². The smallest absolute Gasteiger partial charge is 0.335 e. The minimum absolute atomic E-state index is 0.0566. The molecule has 0 aromatic carbocycles. The first-order valence-electron chi connectivity index (χ1n) is 6.35. The van der Waals surface area contributed by atoms with Gasteiger partial charge in [-0.2, -0.15) is 0 Å². The number of carbonyl (C=O) groups excluding carboxylic acids is 1. The van der Waals surface area contributed by atoms with E-state index in [2.05, 4.69) is 10.3 Å². The van der Waals surface area contributed by atoms with Crippen LogP contribution in [-0.4, -0.2) is 22.9 Å². The topological polar surface area (TPSA) is 71.7 Å². The van der Waals surface area contributed by atoms with Gasteiger partial charge in [0, 0.05) is 17.9 Å². The number of nitrogens with zero attached hydrogens (tertiary/aromatic N) is 1. The average Bonchev–Trinajstić information content (AvgIpc) is 2.35. The Labute approximate surface area is 122 Å². The summed E-state index contributed by atoms with van der Waals surface area (Å²) in [7, 11) is 1.63. The van der Waals surface area contributed by atoms with Crippen molar-refractivity contribution in [3.63, 3.8) is 0 Å². The number of hydrogen-bond donors (Lipinski definition) is 1. The van der Waals surface area contributed by atoms with Crippen LogP contribution in [-0.2, 0) is 6.42 Å². The van der Waals surface area contributed by atoms with Crippen LogP contribution in [0.1, 0.15) is 43.6 Å². The highest BCUT2D eigenvalue weighted by atomic mass is 32.2. The molecule has 0 spiro atoms. The van der Waals surface area contributed by atoms with Gasteiger partial charge in [-0.05, 0) is 12.0 Å². The van der Waals surface area contributed by atoms with Gasteiger partial charge in [0.1, 0.15) is 6.26 Å². The van der Waals surface area contributed by atoms with E-state index in [9.17, 15) is 9.59 Å². The lowest BCUT2D eigenvalue weighted by atomic mass is 10.1. The lowest BCUT2D eigenvalue weighted by Gasteiger charge is -2.19.